The number of likely N-dealkylation sites (tertiary alicyclic amines) is 1. The van der Waals surface area contributed by atoms with Gasteiger partial charge in [-0.05, 0) is 23.5 Å². The van der Waals surface area contributed by atoms with Crippen molar-refractivity contribution >= 4 is 12.0 Å². The van der Waals surface area contributed by atoms with Crippen molar-refractivity contribution in [3.05, 3.63) is 71.8 Å². The highest BCUT2D eigenvalue weighted by Gasteiger charge is 2.31. The maximum Gasteiger partial charge on any atom is 0.416 e. The predicted octanol–water partition coefficient (Wildman–Crippen LogP) is 3.73. The summed E-state index contributed by atoms with van der Waals surface area (Å²) in [6.07, 6.45) is 0.575. The Kier molecular flexibility index (Phi) is 4.71. The van der Waals surface area contributed by atoms with Crippen molar-refractivity contribution in [1.29, 1.82) is 0 Å². The molecule has 0 aliphatic carbocycles. The SMILES string of the molecule is O=C1CC(c2ccccc2)CCN1C(=O)OCc1ccccc1. The van der Waals surface area contributed by atoms with Gasteiger partial charge in [0.05, 0.1) is 0 Å². The third-order valence-corrected chi connectivity index (χ3v) is 4.12. The van der Waals surface area contributed by atoms with E-state index in [-0.39, 0.29) is 18.4 Å². The summed E-state index contributed by atoms with van der Waals surface area (Å²) in [6.45, 7) is 0.595. The number of nitrogens with zero attached hydrogens (tertiary/aromatic N) is 1. The average Bonchev–Trinajstić information content (AvgIpc) is 2.61. The maximum absolute atomic E-state index is 12.3. The van der Waals surface area contributed by atoms with Crippen molar-refractivity contribution in [2.45, 2.75) is 25.4 Å². The van der Waals surface area contributed by atoms with E-state index in [0.717, 1.165) is 17.5 Å². The minimum Gasteiger partial charge on any atom is -0.444 e. The molecule has 0 aromatic heterocycles. The van der Waals surface area contributed by atoms with Crippen LogP contribution in [0.25, 0.3) is 0 Å². The highest BCUT2D eigenvalue weighted by Crippen LogP contribution is 2.28. The molecule has 0 bridgehead atoms. The van der Waals surface area contributed by atoms with Gasteiger partial charge in [-0.25, -0.2) is 9.69 Å². The summed E-state index contributed by atoms with van der Waals surface area (Å²) < 4.78 is 5.25. The number of ether oxygens (including phenoxy) is 1. The number of rotatable bonds is 3. The second-order valence-electron chi connectivity index (χ2n) is 5.69. The fraction of sp³-hybridized carbons (Fsp3) is 0.263. The van der Waals surface area contributed by atoms with Crippen LogP contribution in [-0.2, 0) is 16.1 Å². The molecule has 0 saturated carbocycles. The zero-order chi connectivity index (χ0) is 16.1. The molecule has 118 valence electrons. The number of hydrogen-bond donors (Lipinski definition) is 0. The maximum atomic E-state index is 12.3. The predicted molar refractivity (Wildman–Crippen MR) is 86.8 cm³/mol. The summed E-state index contributed by atoms with van der Waals surface area (Å²) >= 11 is 0. The molecular formula is C19H19NO3. The van der Waals surface area contributed by atoms with E-state index in [0.29, 0.717) is 13.0 Å². The van der Waals surface area contributed by atoms with Crippen molar-refractivity contribution in [1.82, 2.24) is 4.90 Å². The third kappa shape index (κ3) is 3.77. The summed E-state index contributed by atoms with van der Waals surface area (Å²) in [4.78, 5) is 25.6. The number of hydrogen-bond acceptors (Lipinski definition) is 3. The molecule has 0 radical (unpaired) electrons. The van der Waals surface area contributed by atoms with Crippen LogP contribution < -0.4 is 0 Å². The fourth-order valence-electron chi connectivity index (χ4n) is 2.83. The van der Waals surface area contributed by atoms with E-state index in [9.17, 15) is 9.59 Å². The zero-order valence-electron chi connectivity index (χ0n) is 12.9. The van der Waals surface area contributed by atoms with E-state index < -0.39 is 6.09 Å². The molecule has 2 amide bonds. The van der Waals surface area contributed by atoms with Gasteiger partial charge in [0, 0.05) is 13.0 Å². The van der Waals surface area contributed by atoms with Gasteiger partial charge < -0.3 is 4.74 Å². The quantitative estimate of drug-likeness (QED) is 0.868. The van der Waals surface area contributed by atoms with E-state index in [4.69, 9.17) is 4.74 Å². The molecule has 2 aromatic carbocycles. The van der Waals surface area contributed by atoms with Crippen molar-refractivity contribution in [3.8, 4) is 0 Å². The first-order valence-corrected chi connectivity index (χ1v) is 7.80. The molecule has 1 unspecified atom stereocenters. The Bertz CT molecular complexity index is 662. The molecule has 1 saturated heterocycles. The lowest BCUT2D eigenvalue weighted by Gasteiger charge is -2.29. The summed E-state index contributed by atoms with van der Waals surface area (Å²) in [5.41, 5.74) is 2.06. The second-order valence-corrected chi connectivity index (χ2v) is 5.69. The number of benzene rings is 2. The van der Waals surface area contributed by atoms with Gasteiger partial charge in [0.2, 0.25) is 5.91 Å². The number of carbonyl (C=O) groups is 2. The van der Waals surface area contributed by atoms with Gasteiger partial charge in [-0.2, -0.15) is 0 Å². The molecule has 0 N–H and O–H groups in total. The molecule has 4 nitrogen and oxygen atoms in total. The van der Waals surface area contributed by atoms with Gasteiger partial charge in [0.15, 0.2) is 0 Å². The lowest BCUT2D eigenvalue weighted by atomic mass is 9.89. The summed E-state index contributed by atoms with van der Waals surface area (Å²) in [5, 5.41) is 0. The van der Waals surface area contributed by atoms with Gasteiger partial charge in [0.25, 0.3) is 0 Å². The molecule has 1 atom stereocenters. The van der Waals surface area contributed by atoms with Gasteiger partial charge in [-0.3, -0.25) is 4.79 Å². The number of imide groups is 1. The van der Waals surface area contributed by atoms with Crippen LogP contribution in [0, 0.1) is 0 Å². The molecule has 1 fully saturated rings. The van der Waals surface area contributed by atoms with Crippen LogP contribution in [-0.4, -0.2) is 23.4 Å². The van der Waals surface area contributed by atoms with E-state index in [1.807, 2.05) is 60.7 Å². The third-order valence-electron chi connectivity index (χ3n) is 4.12. The summed E-state index contributed by atoms with van der Waals surface area (Å²) in [5.74, 6) is 0.0186. The van der Waals surface area contributed by atoms with Crippen LogP contribution in [0.1, 0.15) is 29.9 Å². The van der Waals surface area contributed by atoms with Gasteiger partial charge >= 0.3 is 6.09 Å². The van der Waals surface area contributed by atoms with Gasteiger partial charge in [-0.15, -0.1) is 0 Å². The first-order valence-electron chi connectivity index (χ1n) is 7.80. The van der Waals surface area contributed by atoms with Gasteiger partial charge in [0.1, 0.15) is 6.61 Å². The van der Waals surface area contributed by atoms with Crippen molar-refractivity contribution in [3.63, 3.8) is 0 Å². The highest BCUT2D eigenvalue weighted by molar-refractivity contribution is 5.93. The van der Waals surface area contributed by atoms with E-state index in [1.54, 1.807) is 0 Å². The minimum atomic E-state index is -0.551. The topological polar surface area (TPSA) is 46.6 Å². The normalized spacial score (nSPS) is 17.8. The molecule has 4 heteroatoms. The van der Waals surface area contributed by atoms with E-state index in [2.05, 4.69) is 0 Å². The Morgan fingerprint density at radius 2 is 1.70 bits per heavy atom. The first kappa shape index (κ1) is 15.3. The summed E-state index contributed by atoms with van der Waals surface area (Å²) in [7, 11) is 0. The lowest BCUT2D eigenvalue weighted by molar-refractivity contribution is -0.132. The van der Waals surface area contributed by atoms with E-state index >= 15 is 0 Å². The first-order chi connectivity index (χ1) is 11.2. The Balaban J connectivity index is 1.56. The van der Waals surface area contributed by atoms with Crippen LogP contribution in [0.5, 0.6) is 0 Å². The molecule has 2 aromatic rings. The van der Waals surface area contributed by atoms with Crippen molar-refractivity contribution < 1.29 is 14.3 Å². The Hall–Kier alpha value is -2.62. The molecule has 23 heavy (non-hydrogen) atoms. The molecule has 3 rings (SSSR count). The monoisotopic (exact) mass is 309 g/mol. The Morgan fingerprint density at radius 3 is 2.35 bits per heavy atom. The number of carbonyl (C=O) groups excluding carboxylic acids is 2. The Morgan fingerprint density at radius 1 is 1.04 bits per heavy atom. The van der Waals surface area contributed by atoms with E-state index in [1.165, 1.54) is 4.90 Å². The average molecular weight is 309 g/mol. The van der Waals surface area contributed by atoms with Crippen LogP contribution in [0.15, 0.2) is 60.7 Å². The largest absolute Gasteiger partial charge is 0.444 e. The standard InChI is InChI=1S/C19H19NO3/c21-18-13-17(16-9-5-2-6-10-16)11-12-20(18)19(22)23-14-15-7-3-1-4-8-15/h1-10,17H,11-14H2. The van der Waals surface area contributed by atoms with Crippen molar-refractivity contribution in [2.75, 3.05) is 6.54 Å². The molecular weight excluding hydrogens is 290 g/mol. The smallest absolute Gasteiger partial charge is 0.416 e. The minimum absolute atomic E-state index is 0.164. The molecule has 0 spiro atoms. The fourth-order valence-corrected chi connectivity index (χ4v) is 2.83. The number of amides is 2. The zero-order valence-corrected chi connectivity index (χ0v) is 12.9. The van der Waals surface area contributed by atoms with Crippen molar-refractivity contribution in [2.24, 2.45) is 0 Å². The highest BCUT2D eigenvalue weighted by atomic mass is 16.6. The van der Waals surface area contributed by atoms with Gasteiger partial charge in [-0.1, -0.05) is 60.7 Å². The molecule has 1 aliphatic rings. The number of piperidine rings is 1. The van der Waals surface area contributed by atoms with Crippen LogP contribution in [0.2, 0.25) is 0 Å². The second kappa shape index (κ2) is 7.09. The molecule has 1 aliphatic heterocycles. The van der Waals surface area contributed by atoms with Crippen LogP contribution in [0.3, 0.4) is 0 Å². The molecule has 1 heterocycles. The van der Waals surface area contributed by atoms with Crippen LogP contribution in [0.4, 0.5) is 4.79 Å². The lowest BCUT2D eigenvalue weighted by Crippen LogP contribution is -2.42. The van der Waals surface area contributed by atoms with Crippen LogP contribution >= 0.6 is 0 Å². The Labute approximate surface area is 135 Å². The summed E-state index contributed by atoms with van der Waals surface area (Å²) in [6, 6.07) is 19.4.